The summed E-state index contributed by atoms with van der Waals surface area (Å²) in [6.07, 6.45) is 6.16. The first-order valence-corrected chi connectivity index (χ1v) is 7.34. The highest BCUT2D eigenvalue weighted by Gasteiger charge is 2.23. The quantitative estimate of drug-likeness (QED) is 0.881. The fraction of sp³-hybridized carbons (Fsp3) is 0.600. The zero-order valence-corrected chi connectivity index (χ0v) is 11.4. The Labute approximate surface area is 114 Å². The van der Waals surface area contributed by atoms with Gasteiger partial charge in [0, 0.05) is 6.04 Å². The molecular weight excluding hydrogens is 246 g/mol. The van der Waals surface area contributed by atoms with Gasteiger partial charge in [0.25, 0.3) is 0 Å². The van der Waals surface area contributed by atoms with Crippen LogP contribution in [-0.2, 0) is 6.42 Å². The molecule has 1 aromatic rings. The molecule has 2 aliphatic rings. The molecule has 18 heavy (non-hydrogen) atoms. The highest BCUT2D eigenvalue weighted by molar-refractivity contribution is 6.32. The molecule has 1 N–H and O–H groups in total. The van der Waals surface area contributed by atoms with E-state index in [-0.39, 0.29) is 0 Å². The maximum Gasteiger partial charge on any atom is 0.138 e. The van der Waals surface area contributed by atoms with E-state index in [9.17, 15) is 0 Å². The first-order valence-electron chi connectivity index (χ1n) is 6.96. The number of nitrogens with one attached hydrogen (secondary N) is 1. The summed E-state index contributed by atoms with van der Waals surface area (Å²) in [7, 11) is 0. The van der Waals surface area contributed by atoms with E-state index in [1.165, 1.54) is 31.2 Å². The fourth-order valence-corrected chi connectivity index (χ4v) is 2.77. The van der Waals surface area contributed by atoms with Gasteiger partial charge < -0.3 is 10.1 Å². The Morgan fingerprint density at radius 3 is 2.89 bits per heavy atom. The molecule has 0 spiro atoms. The van der Waals surface area contributed by atoms with Crippen molar-refractivity contribution in [2.75, 3.05) is 13.2 Å². The lowest BCUT2D eigenvalue weighted by molar-refractivity contribution is 0.299. The van der Waals surface area contributed by atoms with Gasteiger partial charge in [-0.2, -0.15) is 0 Å². The van der Waals surface area contributed by atoms with Crippen molar-refractivity contribution in [1.82, 2.24) is 5.32 Å². The van der Waals surface area contributed by atoms with Crippen molar-refractivity contribution in [1.29, 1.82) is 0 Å². The van der Waals surface area contributed by atoms with Crippen molar-refractivity contribution in [2.24, 2.45) is 5.92 Å². The SMILES string of the molecule is Clc1c(CC2CCCN2)cccc1OCC1CC1. The van der Waals surface area contributed by atoms with Gasteiger partial charge in [-0.05, 0) is 56.2 Å². The summed E-state index contributed by atoms with van der Waals surface area (Å²) in [6.45, 7) is 1.96. The Bertz CT molecular complexity index is 411. The van der Waals surface area contributed by atoms with Crippen LogP contribution in [0.15, 0.2) is 18.2 Å². The van der Waals surface area contributed by atoms with Gasteiger partial charge in [-0.15, -0.1) is 0 Å². The van der Waals surface area contributed by atoms with Crippen LogP contribution in [0, 0.1) is 5.92 Å². The lowest BCUT2D eigenvalue weighted by Crippen LogP contribution is -2.23. The second-order valence-corrected chi connectivity index (χ2v) is 5.86. The minimum Gasteiger partial charge on any atom is -0.492 e. The molecule has 98 valence electrons. The predicted octanol–water partition coefficient (Wildman–Crippen LogP) is 3.42. The molecule has 1 saturated carbocycles. The predicted molar refractivity (Wildman–Crippen MR) is 74.4 cm³/mol. The smallest absolute Gasteiger partial charge is 0.138 e. The van der Waals surface area contributed by atoms with Crippen LogP contribution in [0.4, 0.5) is 0 Å². The highest BCUT2D eigenvalue weighted by Crippen LogP contribution is 2.33. The Morgan fingerprint density at radius 2 is 2.17 bits per heavy atom. The first kappa shape index (κ1) is 12.3. The van der Waals surface area contributed by atoms with Crippen LogP contribution in [0.25, 0.3) is 0 Å². The number of hydrogen-bond donors (Lipinski definition) is 1. The lowest BCUT2D eigenvalue weighted by atomic mass is 10.0. The zero-order chi connectivity index (χ0) is 12.4. The average molecular weight is 266 g/mol. The van der Waals surface area contributed by atoms with Crippen molar-refractivity contribution in [2.45, 2.75) is 38.1 Å². The first-order chi connectivity index (χ1) is 8.83. The number of hydrogen-bond acceptors (Lipinski definition) is 2. The number of benzene rings is 1. The maximum atomic E-state index is 6.44. The molecule has 1 atom stereocenters. The topological polar surface area (TPSA) is 21.3 Å². The van der Waals surface area contributed by atoms with Crippen molar-refractivity contribution in [3.63, 3.8) is 0 Å². The highest BCUT2D eigenvalue weighted by atomic mass is 35.5. The van der Waals surface area contributed by atoms with Crippen LogP contribution in [-0.4, -0.2) is 19.2 Å². The van der Waals surface area contributed by atoms with Gasteiger partial charge in [0.15, 0.2) is 0 Å². The molecule has 1 aliphatic carbocycles. The summed E-state index contributed by atoms with van der Waals surface area (Å²) in [6, 6.07) is 6.74. The minimum atomic E-state index is 0.584. The number of ether oxygens (including phenoxy) is 1. The molecule has 1 unspecified atom stereocenters. The molecule has 1 aliphatic heterocycles. The molecule has 3 heteroatoms. The minimum absolute atomic E-state index is 0.584. The monoisotopic (exact) mass is 265 g/mol. The number of rotatable bonds is 5. The van der Waals surface area contributed by atoms with Gasteiger partial charge in [-0.25, -0.2) is 0 Å². The van der Waals surface area contributed by atoms with Crippen molar-refractivity contribution < 1.29 is 4.74 Å². The van der Waals surface area contributed by atoms with E-state index in [1.807, 2.05) is 6.07 Å². The largest absolute Gasteiger partial charge is 0.492 e. The Balaban J connectivity index is 1.66. The Kier molecular flexibility index (Phi) is 3.76. The van der Waals surface area contributed by atoms with E-state index in [2.05, 4.69) is 17.4 Å². The molecule has 1 saturated heterocycles. The van der Waals surface area contributed by atoms with E-state index >= 15 is 0 Å². The molecule has 1 aromatic carbocycles. The number of halogens is 1. The van der Waals surface area contributed by atoms with Gasteiger partial charge in [-0.1, -0.05) is 23.7 Å². The van der Waals surface area contributed by atoms with Crippen molar-refractivity contribution in [3.8, 4) is 5.75 Å². The zero-order valence-electron chi connectivity index (χ0n) is 10.6. The molecule has 0 bridgehead atoms. The van der Waals surface area contributed by atoms with Gasteiger partial charge in [0.2, 0.25) is 0 Å². The summed E-state index contributed by atoms with van der Waals surface area (Å²) < 4.78 is 5.81. The standard InChI is InChI=1S/C15H20ClNO/c16-15-12(9-13-4-2-8-17-13)3-1-5-14(15)18-10-11-6-7-11/h1,3,5,11,13,17H,2,4,6-10H2. The molecular formula is C15H20ClNO. The molecule has 0 aromatic heterocycles. The summed E-state index contributed by atoms with van der Waals surface area (Å²) in [5, 5.41) is 4.32. The molecule has 0 radical (unpaired) electrons. The van der Waals surface area contributed by atoms with Crippen LogP contribution in [0.1, 0.15) is 31.2 Å². The van der Waals surface area contributed by atoms with Crippen LogP contribution >= 0.6 is 11.6 Å². The molecule has 2 fully saturated rings. The van der Waals surface area contributed by atoms with Crippen LogP contribution in [0.2, 0.25) is 5.02 Å². The van der Waals surface area contributed by atoms with E-state index in [0.717, 1.165) is 36.3 Å². The van der Waals surface area contributed by atoms with Gasteiger partial charge >= 0.3 is 0 Å². The molecule has 3 rings (SSSR count). The van der Waals surface area contributed by atoms with E-state index in [1.54, 1.807) is 0 Å². The molecule has 0 amide bonds. The Morgan fingerprint density at radius 1 is 1.28 bits per heavy atom. The van der Waals surface area contributed by atoms with E-state index in [4.69, 9.17) is 16.3 Å². The lowest BCUT2D eigenvalue weighted by Gasteiger charge is -2.14. The summed E-state index contributed by atoms with van der Waals surface area (Å²) >= 11 is 6.44. The van der Waals surface area contributed by atoms with Gasteiger partial charge in [0.05, 0.1) is 11.6 Å². The normalized spacial score (nSPS) is 23.3. The van der Waals surface area contributed by atoms with Crippen molar-refractivity contribution in [3.05, 3.63) is 28.8 Å². The molecule has 2 nitrogen and oxygen atoms in total. The molecule has 1 heterocycles. The average Bonchev–Trinajstić information content (AvgIpc) is 3.07. The second-order valence-electron chi connectivity index (χ2n) is 5.48. The Hall–Kier alpha value is -0.730. The van der Waals surface area contributed by atoms with Crippen LogP contribution < -0.4 is 10.1 Å². The van der Waals surface area contributed by atoms with E-state index < -0.39 is 0 Å². The second kappa shape index (κ2) is 5.50. The van der Waals surface area contributed by atoms with Crippen LogP contribution in [0.5, 0.6) is 5.75 Å². The van der Waals surface area contributed by atoms with E-state index in [0.29, 0.717) is 6.04 Å². The maximum absolute atomic E-state index is 6.44. The summed E-state index contributed by atoms with van der Waals surface area (Å²) in [5.74, 6) is 1.63. The third-order valence-electron chi connectivity index (χ3n) is 3.84. The third kappa shape index (κ3) is 2.99. The van der Waals surface area contributed by atoms with Crippen LogP contribution in [0.3, 0.4) is 0 Å². The van der Waals surface area contributed by atoms with Crippen molar-refractivity contribution >= 4 is 11.6 Å². The summed E-state index contributed by atoms with van der Waals surface area (Å²) in [5.41, 5.74) is 1.21. The third-order valence-corrected chi connectivity index (χ3v) is 4.27. The van der Waals surface area contributed by atoms with Gasteiger partial charge in [-0.3, -0.25) is 0 Å². The summed E-state index contributed by atoms with van der Waals surface area (Å²) in [4.78, 5) is 0. The van der Waals surface area contributed by atoms with Gasteiger partial charge in [0.1, 0.15) is 5.75 Å². The fourth-order valence-electron chi connectivity index (χ4n) is 2.51.